The number of amides is 1. The van der Waals surface area contributed by atoms with Gasteiger partial charge in [-0.1, -0.05) is 0 Å². The SMILES string of the molecule is Cn1cc(CCNCC(=O)NCC2CC2)cn1. The van der Waals surface area contributed by atoms with Crippen molar-refractivity contribution >= 4 is 5.91 Å². The number of hydrogen-bond acceptors (Lipinski definition) is 3. The predicted molar refractivity (Wildman–Crippen MR) is 65.5 cm³/mol. The summed E-state index contributed by atoms with van der Waals surface area (Å²) in [7, 11) is 1.91. The molecule has 0 aliphatic heterocycles. The van der Waals surface area contributed by atoms with Crippen LogP contribution in [0.1, 0.15) is 18.4 Å². The maximum absolute atomic E-state index is 11.4. The van der Waals surface area contributed by atoms with Crippen LogP contribution >= 0.6 is 0 Å². The van der Waals surface area contributed by atoms with Crippen LogP contribution < -0.4 is 10.6 Å². The number of rotatable bonds is 7. The van der Waals surface area contributed by atoms with Gasteiger partial charge < -0.3 is 10.6 Å². The van der Waals surface area contributed by atoms with Gasteiger partial charge in [-0.25, -0.2) is 0 Å². The Hall–Kier alpha value is -1.36. The van der Waals surface area contributed by atoms with Gasteiger partial charge in [0.2, 0.25) is 5.91 Å². The molecule has 1 aromatic heterocycles. The van der Waals surface area contributed by atoms with Crippen LogP contribution in [-0.4, -0.2) is 35.3 Å². The summed E-state index contributed by atoms with van der Waals surface area (Å²) in [5.41, 5.74) is 1.19. The first-order chi connectivity index (χ1) is 8.24. The highest BCUT2D eigenvalue weighted by molar-refractivity contribution is 5.77. The molecule has 0 aromatic carbocycles. The van der Waals surface area contributed by atoms with E-state index >= 15 is 0 Å². The summed E-state index contributed by atoms with van der Waals surface area (Å²) in [6, 6.07) is 0. The van der Waals surface area contributed by atoms with E-state index in [2.05, 4.69) is 15.7 Å². The molecular formula is C12H20N4O. The summed E-state index contributed by atoms with van der Waals surface area (Å²) in [6.45, 7) is 2.07. The second-order valence-electron chi connectivity index (χ2n) is 4.70. The molecule has 1 fully saturated rings. The molecule has 5 heteroatoms. The Bertz CT molecular complexity index is 370. The van der Waals surface area contributed by atoms with E-state index in [4.69, 9.17) is 0 Å². The summed E-state index contributed by atoms with van der Waals surface area (Å²) in [5.74, 6) is 0.845. The lowest BCUT2D eigenvalue weighted by atomic mass is 10.2. The minimum Gasteiger partial charge on any atom is -0.355 e. The Morgan fingerprint density at radius 3 is 3.06 bits per heavy atom. The van der Waals surface area contributed by atoms with E-state index in [9.17, 15) is 4.79 Å². The predicted octanol–water partition coefficient (Wildman–Crippen LogP) is 0.0784. The second-order valence-corrected chi connectivity index (χ2v) is 4.70. The average molecular weight is 236 g/mol. The largest absolute Gasteiger partial charge is 0.355 e. The molecule has 0 unspecified atom stereocenters. The van der Waals surface area contributed by atoms with Crippen molar-refractivity contribution in [2.45, 2.75) is 19.3 Å². The van der Waals surface area contributed by atoms with Crippen LogP contribution in [0.15, 0.2) is 12.4 Å². The van der Waals surface area contributed by atoms with Gasteiger partial charge in [0.15, 0.2) is 0 Å². The lowest BCUT2D eigenvalue weighted by Crippen LogP contribution is -2.35. The van der Waals surface area contributed by atoms with Crippen LogP contribution in [0.3, 0.4) is 0 Å². The van der Waals surface area contributed by atoms with Crippen molar-refractivity contribution in [3.05, 3.63) is 18.0 Å². The molecule has 2 N–H and O–H groups in total. The van der Waals surface area contributed by atoms with Crippen LogP contribution in [0, 0.1) is 5.92 Å². The van der Waals surface area contributed by atoms with Crippen molar-refractivity contribution in [2.75, 3.05) is 19.6 Å². The van der Waals surface area contributed by atoms with Crippen LogP contribution in [-0.2, 0) is 18.3 Å². The number of aromatic nitrogens is 2. The van der Waals surface area contributed by atoms with Gasteiger partial charge in [-0.05, 0) is 37.3 Å². The first-order valence-electron chi connectivity index (χ1n) is 6.19. The molecule has 5 nitrogen and oxygen atoms in total. The number of nitrogens with one attached hydrogen (secondary N) is 2. The zero-order valence-electron chi connectivity index (χ0n) is 10.3. The van der Waals surface area contributed by atoms with E-state index in [1.54, 1.807) is 4.68 Å². The van der Waals surface area contributed by atoms with Crippen molar-refractivity contribution < 1.29 is 4.79 Å². The van der Waals surface area contributed by atoms with E-state index < -0.39 is 0 Å². The number of nitrogens with zero attached hydrogens (tertiary/aromatic N) is 2. The van der Waals surface area contributed by atoms with E-state index in [0.29, 0.717) is 6.54 Å². The molecule has 1 aliphatic carbocycles. The summed E-state index contributed by atoms with van der Waals surface area (Å²) in [4.78, 5) is 11.4. The minimum absolute atomic E-state index is 0.100. The number of aryl methyl sites for hydroxylation is 1. The molecule has 0 radical (unpaired) electrons. The fourth-order valence-corrected chi connectivity index (χ4v) is 1.68. The van der Waals surface area contributed by atoms with Crippen molar-refractivity contribution in [3.63, 3.8) is 0 Å². The normalized spacial score (nSPS) is 14.9. The lowest BCUT2D eigenvalue weighted by Gasteiger charge is -2.05. The van der Waals surface area contributed by atoms with E-state index in [1.807, 2.05) is 19.4 Å². The lowest BCUT2D eigenvalue weighted by molar-refractivity contribution is -0.120. The molecule has 0 saturated heterocycles. The number of carbonyl (C=O) groups excluding carboxylic acids is 1. The first-order valence-corrected chi connectivity index (χ1v) is 6.19. The molecule has 1 aromatic rings. The fraction of sp³-hybridized carbons (Fsp3) is 0.667. The van der Waals surface area contributed by atoms with Gasteiger partial charge >= 0.3 is 0 Å². The third-order valence-corrected chi connectivity index (χ3v) is 2.92. The van der Waals surface area contributed by atoms with Crippen molar-refractivity contribution in [3.8, 4) is 0 Å². The molecule has 17 heavy (non-hydrogen) atoms. The van der Waals surface area contributed by atoms with Gasteiger partial charge in [0.25, 0.3) is 0 Å². The Morgan fingerprint density at radius 1 is 1.59 bits per heavy atom. The topological polar surface area (TPSA) is 59.0 Å². The highest BCUT2D eigenvalue weighted by Gasteiger charge is 2.21. The minimum atomic E-state index is 0.100. The van der Waals surface area contributed by atoms with Crippen LogP contribution in [0.5, 0.6) is 0 Å². The molecule has 0 bridgehead atoms. The van der Waals surface area contributed by atoms with Gasteiger partial charge in [0, 0.05) is 19.8 Å². The third kappa shape index (κ3) is 4.56. The molecule has 0 atom stereocenters. The molecule has 1 heterocycles. The molecule has 0 spiro atoms. The summed E-state index contributed by atoms with van der Waals surface area (Å²) in [5, 5.41) is 10.2. The summed E-state index contributed by atoms with van der Waals surface area (Å²) >= 11 is 0. The monoisotopic (exact) mass is 236 g/mol. The average Bonchev–Trinajstić information content (AvgIpc) is 3.05. The molecule has 2 rings (SSSR count). The van der Waals surface area contributed by atoms with Gasteiger partial charge in [0.05, 0.1) is 12.7 Å². The van der Waals surface area contributed by atoms with Crippen LogP contribution in [0.25, 0.3) is 0 Å². The maximum atomic E-state index is 11.4. The summed E-state index contributed by atoms with van der Waals surface area (Å²) < 4.78 is 1.79. The van der Waals surface area contributed by atoms with E-state index in [-0.39, 0.29) is 5.91 Å². The van der Waals surface area contributed by atoms with Gasteiger partial charge in [-0.3, -0.25) is 9.48 Å². The van der Waals surface area contributed by atoms with E-state index in [0.717, 1.165) is 25.4 Å². The zero-order valence-corrected chi connectivity index (χ0v) is 10.3. The fourth-order valence-electron chi connectivity index (χ4n) is 1.68. The van der Waals surface area contributed by atoms with Gasteiger partial charge in [-0.2, -0.15) is 5.10 Å². The molecule has 1 saturated carbocycles. The highest BCUT2D eigenvalue weighted by atomic mass is 16.1. The molecular weight excluding hydrogens is 216 g/mol. The van der Waals surface area contributed by atoms with Crippen LogP contribution in [0.4, 0.5) is 0 Å². The number of hydrogen-bond donors (Lipinski definition) is 2. The first kappa shape index (κ1) is 12.1. The van der Waals surface area contributed by atoms with Crippen LogP contribution in [0.2, 0.25) is 0 Å². The quantitative estimate of drug-likeness (QED) is 0.659. The van der Waals surface area contributed by atoms with Crippen molar-refractivity contribution in [2.24, 2.45) is 13.0 Å². The summed E-state index contributed by atoms with van der Waals surface area (Å²) in [6.07, 6.45) is 7.30. The Balaban J connectivity index is 1.51. The number of carbonyl (C=O) groups is 1. The molecule has 1 amide bonds. The van der Waals surface area contributed by atoms with Crippen molar-refractivity contribution in [1.29, 1.82) is 0 Å². The molecule has 1 aliphatic rings. The Kier molecular flexibility index (Phi) is 4.14. The van der Waals surface area contributed by atoms with Gasteiger partial charge in [0.1, 0.15) is 0 Å². The molecule has 94 valence electrons. The second kappa shape index (κ2) is 5.82. The third-order valence-electron chi connectivity index (χ3n) is 2.92. The van der Waals surface area contributed by atoms with Crippen molar-refractivity contribution in [1.82, 2.24) is 20.4 Å². The zero-order chi connectivity index (χ0) is 12.1. The van der Waals surface area contributed by atoms with Gasteiger partial charge in [-0.15, -0.1) is 0 Å². The Morgan fingerprint density at radius 2 is 2.41 bits per heavy atom. The smallest absolute Gasteiger partial charge is 0.233 e. The Labute approximate surface area is 102 Å². The highest BCUT2D eigenvalue weighted by Crippen LogP contribution is 2.27. The maximum Gasteiger partial charge on any atom is 0.233 e. The van der Waals surface area contributed by atoms with E-state index in [1.165, 1.54) is 18.4 Å². The standard InChI is InChI=1S/C12H20N4O/c1-16-9-11(7-15-16)4-5-13-8-12(17)14-6-10-2-3-10/h7,9-10,13H,2-6,8H2,1H3,(H,14,17).